The molecule has 0 aromatic heterocycles. The van der Waals surface area contributed by atoms with Crippen molar-refractivity contribution in [3.63, 3.8) is 0 Å². The molecule has 1 aliphatic carbocycles. The van der Waals surface area contributed by atoms with Crippen LogP contribution in [0.2, 0.25) is 0 Å². The van der Waals surface area contributed by atoms with Gasteiger partial charge < -0.3 is 4.74 Å². The molecule has 0 saturated heterocycles. The van der Waals surface area contributed by atoms with Crippen molar-refractivity contribution in [1.29, 1.82) is 0 Å². The lowest BCUT2D eigenvalue weighted by Gasteiger charge is -2.28. The van der Waals surface area contributed by atoms with E-state index in [0.29, 0.717) is 0 Å². The number of hydrazone groups is 1. The molecule has 2 unspecified atom stereocenters. The Morgan fingerprint density at radius 2 is 1.85 bits per heavy atom. The van der Waals surface area contributed by atoms with Crippen molar-refractivity contribution in [2.24, 2.45) is 11.0 Å². The maximum absolute atomic E-state index is 12.3. The van der Waals surface area contributed by atoms with Crippen molar-refractivity contribution >= 4 is 49.1 Å². The monoisotopic (exact) mass is 474 g/mol. The third-order valence-corrected chi connectivity index (χ3v) is 6.04. The van der Waals surface area contributed by atoms with E-state index in [0.717, 1.165) is 43.5 Å². The van der Waals surface area contributed by atoms with E-state index in [4.69, 9.17) is 4.74 Å². The summed E-state index contributed by atoms with van der Waals surface area (Å²) in [4.78, 5) is 12.3. The third kappa shape index (κ3) is 3.01. The molecule has 2 aliphatic rings. The maximum Gasteiger partial charge on any atom is 0.249 e. The number of methoxy groups -OCH3 is 1. The molecule has 0 bridgehead atoms. The summed E-state index contributed by atoms with van der Waals surface area (Å²) in [5, 5.41) is 4.26. The Labute approximate surface area is 168 Å². The average molecular weight is 476 g/mol. The molecular formula is C20H16Br2N2O2. The van der Waals surface area contributed by atoms with Crippen molar-refractivity contribution < 1.29 is 9.53 Å². The van der Waals surface area contributed by atoms with E-state index < -0.39 is 0 Å². The van der Waals surface area contributed by atoms with Gasteiger partial charge in [0, 0.05) is 5.92 Å². The van der Waals surface area contributed by atoms with Crippen LogP contribution in [0.4, 0.5) is 0 Å². The Morgan fingerprint density at radius 3 is 2.50 bits per heavy atom. The van der Waals surface area contributed by atoms with Crippen molar-refractivity contribution in [2.45, 2.75) is 12.3 Å². The number of ether oxygens (including phenoxy) is 1. The topological polar surface area (TPSA) is 50.7 Å². The van der Waals surface area contributed by atoms with Gasteiger partial charge in [-0.05, 0) is 73.2 Å². The second kappa shape index (κ2) is 7.00. The van der Waals surface area contributed by atoms with Gasteiger partial charge in [-0.25, -0.2) is 5.43 Å². The van der Waals surface area contributed by atoms with Gasteiger partial charge in [0.25, 0.3) is 0 Å². The van der Waals surface area contributed by atoms with Gasteiger partial charge in [0.2, 0.25) is 5.91 Å². The second-order valence-corrected chi connectivity index (χ2v) is 8.06. The van der Waals surface area contributed by atoms with Crippen LogP contribution in [-0.2, 0) is 4.79 Å². The standard InChI is InChI=1S/C20H16Br2N2O2/c1-26-19-15(21)8-13(9-16(19)22)12-7-14(11-5-3-2-4-6-11)18-17(10-12)23-24-20(18)25/h2-6,8-10,14,18H,7H2,1H3,(H,24,25). The number of carbonyl (C=O) groups excluding carboxylic acids is 1. The van der Waals surface area contributed by atoms with Crippen LogP contribution in [0.3, 0.4) is 0 Å². The summed E-state index contributed by atoms with van der Waals surface area (Å²) in [5.41, 5.74) is 6.81. The average Bonchev–Trinajstić information content (AvgIpc) is 3.02. The molecule has 0 spiro atoms. The molecule has 4 rings (SSSR count). The van der Waals surface area contributed by atoms with Crippen molar-refractivity contribution in [1.82, 2.24) is 5.43 Å². The molecule has 0 saturated carbocycles. The number of benzene rings is 2. The van der Waals surface area contributed by atoms with Crippen LogP contribution in [0.1, 0.15) is 23.5 Å². The summed E-state index contributed by atoms with van der Waals surface area (Å²) in [7, 11) is 1.64. The SMILES string of the molecule is COc1c(Br)cc(C2=CC3=NNC(=O)C3C(c3ccccc3)C2)cc1Br. The number of allylic oxidation sites excluding steroid dienone is 2. The first-order valence-electron chi connectivity index (χ1n) is 8.25. The van der Waals surface area contributed by atoms with Crippen LogP contribution in [0.5, 0.6) is 5.75 Å². The normalized spacial score (nSPS) is 21.6. The molecule has 2 aromatic carbocycles. The smallest absolute Gasteiger partial charge is 0.249 e. The van der Waals surface area contributed by atoms with Crippen LogP contribution < -0.4 is 10.2 Å². The molecule has 26 heavy (non-hydrogen) atoms. The minimum absolute atomic E-state index is 0.0266. The lowest BCUT2D eigenvalue weighted by molar-refractivity contribution is -0.122. The summed E-state index contributed by atoms with van der Waals surface area (Å²) in [6, 6.07) is 14.3. The zero-order chi connectivity index (χ0) is 18.3. The Hall–Kier alpha value is -1.92. The van der Waals surface area contributed by atoms with Gasteiger partial charge in [-0.1, -0.05) is 30.3 Å². The van der Waals surface area contributed by atoms with Crippen LogP contribution in [0.25, 0.3) is 5.57 Å². The first kappa shape index (κ1) is 17.5. The van der Waals surface area contributed by atoms with E-state index in [2.05, 4.69) is 54.5 Å². The fourth-order valence-electron chi connectivity index (χ4n) is 3.65. The number of nitrogens with one attached hydrogen (secondary N) is 1. The molecule has 132 valence electrons. The highest BCUT2D eigenvalue weighted by Crippen LogP contribution is 2.44. The molecule has 1 amide bonds. The van der Waals surface area contributed by atoms with Gasteiger partial charge in [0.15, 0.2) is 0 Å². The molecule has 2 atom stereocenters. The fraction of sp³-hybridized carbons (Fsp3) is 0.200. The highest BCUT2D eigenvalue weighted by Gasteiger charge is 2.40. The van der Waals surface area contributed by atoms with E-state index in [9.17, 15) is 4.79 Å². The number of rotatable bonds is 3. The Kier molecular flexibility index (Phi) is 4.71. The van der Waals surface area contributed by atoms with E-state index in [1.165, 1.54) is 0 Å². The fourth-order valence-corrected chi connectivity index (χ4v) is 5.16. The second-order valence-electron chi connectivity index (χ2n) is 6.35. The number of hydrogen-bond acceptors (Lipinski definition) is 3. The zero-order valence-corrected chi connectivity index (χ0v) is 17.2. The van der Waals surface area contributed by atoms with Gasteiger partial charge in [-0.15, -0.1) is 0 Å². The number of fused-ring (bicyclic) bond motifs is 1. The largest absolute Gasteiger partial charge is 0.494 e. The molecule has 2 aromatic rings. The van der Waals surface area contributed by atoms with Crippen molar-refractivity contribution in [3.8, 4) is 5.75 Å². The summed E-state index contributed by atoms with van der Waals surface area (Å²) in [6.07, 6.45) is 2.80. The minimum Gasteiger partial charge on any atom is -0.494 e. The van der Waals surface area contributed by atoms with Crippen molar-refractivity contribution in [2.75, 3.05) is 7.11 Å². The molecule has 0 radical (unpaired) electrons. The predicted octanol–water partition coefficient (Wildman–Crippen LogP) is 4.89. The summed E-state index contributed by atoms with van der Waals surface area (Å²) >= 11 is 7.14. The van der Waals surface area contributed by atoms with Crippen LogP contribution in [-0.4, -0.2) is 18.7 Å². The predicted molar refractivity (Wildman–Crippen MR) is 109 cm³/mol. The van der Waals surface area contributed by atoms with E-state index in [1.807, 2.05) is 36.4 Å². The van der Waals surface area contributed by atoms with Gasteiger partial charge in [-0.2, -0.15) is 5.10 Å². The number of halogens is 2. The summed E-state index contributed by atoms with van der Waals surface area (Å²) in [5.74, 6) is 0.572. The lowest BCUT2D eigenvalue weighted by Crippen LogP contribution is -2.31. The van der Waals surface area contributed by atoms with Crippen molar-refractivity contribution in [3.05, 3.63) is 68.6 Å². The molecule has 1 N–H and O–H groups in total. The quantitative estimate of drug-likeness (QED) is 0.686. The number of amides is 1. The summed E-state index contributed by atoms with van der Waals surface area (Å²) < 4.78 is 7.16. The first-order chi connectivity index (χ1) is 12.6. The van der Waals surface area contributed by atoms with Gasteiger partial charge >= 0.3 is 0 Å². The Bertz CT molecular complexity index is 915. The highest BCUT2D eigenvalue weighted by atomic mass is 79.9. The number of nitrogens with zero attached hydrogens (tertiary/aromatic N) is 1. The highest BCUT2D eigenvalue weighted by molar-refractivity contribution is 9.11. The van der Waals surface area contributed by atoms with E-state index in [-0.39, 0.29) is 17.7 Å². The van der Waals surface area contributed by atoms with Crippen LogP contribution in [0.15, 0.2) is 62.6 Å². The van der Waals surface area contributed by atoms with Crippen LogP contribution >= 0.6 is 31.9 Å². The third-order valence-electron chi connectivity index (χ3n) is 4.86. The molecule has 0 fully saturated rings. The summed E-state index contributed by atoms with van der Waals surface area (Å²) in [6.45, 7) is 0. The van der Waals surface area contributed by atoms with Gasteiger partial charge in [0.1, 0.15) is 5.75 Å². The molecule has 6 heteroatoms. The maximum atomic E-state index is 12.3. The Balaban J connectivity index is 1.79. The molecule has 1 aliphatic heterocycles. The first-order valence-corrected chi connectivity index (χ1v) is 9.83. The number of hydrogen-bond donors (Lipinski definition) is 1. The van der Waals surface area contributed by atoms with E-state index >= 15 is 0 Å². The zero-order valence-electron chi connectivity index (χ0n) is 14.0. The Morgan fingerprint density at radius 1 is 1.15 bits per heavy atom. The molecule has 4 nitrogen and oxygen atoms in total. The van der Waals surface area contributed by atoms with Gasteiger partial charge in [0.05, 0.1) is 27.7 Å². The lowest BCUT2D eigenvalue weighted by atomic mass is 9.73. The van der Waals surface area contributed by atoms with Crippen LogP contribution in [0, 0.1) is 5.92 Å². The number of carbonyl (C=O) groups is 1. The van der Waals surface area contributed by atoms with Gasteiger partial charge in [-0.3, -0.25) is 4.79 Å². The van der Waals surface area contributed by atoms with E-state index in [1.54, 1.807) is 7.11 Å². The minimum atomic E-state index is -0.230. The molecular weight excluding hydrogens is 460 g/mol. The molecule has 1 heterocycles.